The lowest BCUT2D eigenvalue weighted by molar-refractivity contribution is 0.0948. The Hall–Kier alpha value is -3.73. The molecule has 138 valence electrons. The third-order valence-electron chi connectivity index (χ3n) is 4.47. The number of anilines is 1. The summed E-state index contributed by atoms with van der Waals surface area (Å²) in [7, 11) is 0. The largest absolute Gasteiger partial charge is 0.366 e. The highest BCUT2D eigenvalue weighted by Gasteiger charge is 2.17. The van der Waals surface area contributed by atoms with Crippen molar-refractivity contribution in [3.8, 4) is 11.3 Å². The number of rotatable bonds is 5. The first-order valence-electron chi connectivity index (χ1n) is 9.10. The molecule has 0 aliphatic carbocycles. The molecule has 2 aromatic heterocycles. The fraction of sp³-hybridized carbons (Fsp3) is 0.0870. The van der Waals surface area contributed by atoms with Crippen molar-refractivity contribution in [1.82, 2.24) is 14.8 Å². The molecule has 0 fully saturated rings. The molecule has 2 aromatic carbocycles. The Labute approximate surface area is 163 Å². The molecule has 0 saturated carbocycles. The fourth-order valence-electron chi connectivity index (χ4n) is 2.92. The maximum absolute atomic E-state index is 13.0. The number of nitrogens with zero attached hydrogens (tertiary/aromatic N) is 3. The molecular formula is C23H20N4O. The van der Waals surface area contributed by atoms with Gasteiger partial charge in [-0.2, -0.15) is 9.78 Å². The quantitative estimate of drug-likeness (QED) is 0.561. The van der Waals surface area contributed by atoms with Gasteiger partial charge in [0.25, 0.3) is 5.91 Å². The summed E-state index contributed by atoms with van der Waals surface area (Å²) in [5, 5.41) is 7.90. The van der Waals surface area contributed by atoms with Crippen molar-refractivity contribution in [3.63, 3.8) is 0 Å². The number of hydrogen-bond acceptors (Lipinski definition) is 4. The molecule has 4 aromatic rings. The normalized spacial score (nSPS) is 10.6. The van der Waals surface area contributed by atoms with Gasteiger partial charge in [-0.3, -0.25) is 9.78 Å². The number of aromatic nitrogens is 3. The van der Waals surface area contributed by atoms with Gasteiger partial charge in [-0.05, 0) is 36.8 Å². The van der Waals surface area contributed by atoms with Crippen molar-refractivity contribution in [1.29, 1.82) is 0 Å². The highest BCUT2D eigenvalue weighted by Crippen LogP contribution is 2.22. The first kappa shape index (κ1) is 17.7. The van der Waals surface area contributed by atoms with Crippen molar-refractivity contribution >= 4 is 11.7 Å². The van der Waals surface area contributed by atoms with Gasteiger partial charge in [-0.15, -0.1) is 0 Å². The van der Waals surface area contributed by atoms with Crippen molar-refractivity contribution in [3.05, 3.63) is 102 Å². The number of carbonyl (C=O) groups excluding carboxylic acids is 1. The number of nitrogens with one attached hydrogen (secondary N) is 1. The molecule has 0 saturated heterocycles. The third-order valence-corrected chi connectivity index (χ3v) is 4.47. The van der Waals surface area contributed by atoms with Crippen LogP contribution >= 0.6 is 0 Å². The van der Waals surface area contributed by atoms with E-state index in [1.165, 1.54) is 10.2 Å². The van der Waals surface area contributed by atoms with E-state index in [2.05, 4.69) is 46.6 Å². The summed E-state index contributed by atoms with van der Waals surface area (Å²) >= 11 is 0. The summed E-state index contributed by atoms with van der Waals surface area (Å²) in [6.07, 6.45) is 3.45. The number of hydrogen-bond donors (Lipinski definition) is 1. The van der Waals surface area contributed by atoms with Crippen LogP contribution in [0.1, 0.15) is 21.5 Å². The molecule has 0 spiro atoms. The van der Waals surface area contributed by atoms with Gasteiger partial charge in [0.05, 0.1) is 5.69 Å². The van der Waals surface area contributed by atoms with Gasteiger partial charge in [0.1, 0.15) is 5.82 Å². The van der Waals surface area contributed by atoms with Crippen LogP contribution in [0.4, 0.5) is 5.82 Å². The first-order valence-corrected chi connectivity index (χ1v) is 9.10. The highest BCUT2D eigenvalue weighted by molar-refractivity contribution is 5.97. The smallest absolute Gasteiger partial charge is 0.280 e. The van der Waals surface area contributed by atoms with Gasteiger partial charge in [-0.25, -0.2) is 0 Å². The Kier molecular flexibility index (Phi) is 4.97. The van der Waals surface area contributed by atoms with Crippen LogP contribution in [0.2, 0.25) is 0 Å². The van der Waals surface area contributed by atoms with Crippen LogP contribution < -0.4 is 5.32 Å². The Bertz CT molecular complexity index is 1070. The van der Waals surface area contributed by atoms with E-state index in [4.69, 9.17) is 0 Å². The van der Waals surface area contributed by atoms with E-state index in [1.807, 2.05) is 36.4 Å². The topological polar surface area (TPSA) is 59.8 Å². The molecule has 5 heteroatoms. The number of carbonyl (C=O) groups is 1. The average Bonchev–Trinajstić information content (AvgIpc) is 3.18. The van der Waals surface area contributed by atoms with Crippen molar-refractivity contribution < 1.29 is 4.79 Å². The van der Waals surface area contributed by atoms with Crippen molar-refractivity contribution in [2.45, 2.75) is 13.5 Å². The van der Waals surface area contributed by atoms with Gasteiger partial charge >= 0.3 is 0 Å². The van der Waals surface area contributed by atoms with Crippen LogP contribution in [0.3, 0.4) is 0 Å². The molecule has 0 radical (unpaired) electrons. The summed E-state index contributed by atoms with van der Waals surface area (Å²) in [6, 6.07) is 23.1. The van der Waals surface area contributed by atoms with E-state index in [1.54, 1.807) is 24.5 Å². The lowest BCUT2D eigenvalue weighted by Gasteiger charge is -2.09. The fourth-order valence-corrected chi connectivity index (χ4v) is 2.92. The summed E-state index contributed by atoms with van der Waals surface area (Å²) in [6.45, 7) is 2.66. The minimum absolute atomic E-state index is 0.179. The molecule has 0 aliphatic rings. The van der Waals surface area contributed by atoms with Gasteiger partial charge < -0.3 is 5.32 Å². The second-order valence-corrected chi connectivity index (χ2v) is 6.58. The van der Waals surface area contributed by atoms with Crippen LogP contribution in [0.25, 0.3) is 11.3 Å². The predicted molar refractivity (Wildman–Crippen MR) is 110 cm³/mol. The Morgan fingerprint density at radius 1 is 1.00 bits per heavy atom. The van der Waals surface area contributed by atoms with Crippen LogP contribution in [-0.4, -0.2) is 20.7 Å². The van der Waals surface area contributed by atoms with Gasteiger partial charge in [0, 0.05) is 36.1 Å². The number of benzene rings is 2. The molecule has 0 atom stereocenters. The molecule has 28 heavy (non-hydrogen) atoms. The van der Waals surface area contributed by atoms with E-state index in [-0.39, 0.29) is 5.91 Å². The van der Waals surface area contributed by atoms with Crippen molar-refractivity contribution in [2.24, 2.45) is 0 Å². The summed E-state index contributed by atoms with van der Waals surface area (Å²) in [5.74, 6) is 0.468. The molecule has 0 amide bonds. The van der Waals surface area contributed by atoms with E-state index in [9.17, 15) is 4.79 Å². The molecular weight excluding hydrogens is 348 g/mol. The van der Waals surface area contributed by atoms with Gasteiger partial charge in [0.2, 0.25) is 0 Å². The lowest BCUT2D eigenvalue weighted by Crippen LogP contribution is -2.17. The van der Waals surface area contributed by atoms with Crippen LogP contribution in [0.15, 0.2) is 85.2 Å². The van der Waals surface area contributed by atoms with Crippen LogP contribution in [0, 0.1) is 6.92 Å². The molecule has 0 bridgehead atoms. The second-order valence-electron chi connectivity index (χ2n) is 6.58. The molecule has 2 heterocycles. The van der Waals surface area contributed by atoms with Gasteiger partial charge in [0.15, 0.2) is 0 Å². The van der Waals surface area contributed by atoms with Crippen LogP contribution in [0.5, 0.6) is 0 Å². The predicted octanol–water partition coefficient (Wildman–Crippen LogP) is 4.55. The molecule has 1 N–H and O–H groups in total. The van der Waals surface area contributed by atoms with E-state index < -0.39 is 0 Å². The second kappa shape index (κ2) is 7.88. The van der Waals surface area contributed by atoms with Gasteiger partial charge in [-0.1, -0.05) is 48.0 Å². The highest BCUT2D eigenvalue weighted by atomic mass is 16.2. The Morgan fingerprint density at radius 3 is 2.50 bits per heavy atom. The summed E-state index contributed by atoms with van der Waals surface area (Å²) < 4.78 is 1.42. The Morgan fingerprint density at radius 2 is 1.79 bits per heavy atom. The minimum atomic E-state index is -0.179. The maximum atomic E-state index is 13.0. The summed E-state index contributed by atoms with van der Waals surface area (Å²) in [5.41, 5.74) is 4.49. The molecule has 0 unspecified atom stereocenters. The minimum Gasteiger partial charge on any atom is -0.366 e. The lowest BCUT2D eigenvalue weighted by atomic mass is 10.1. The maximum Gasteiger partial charge on any atom is 0.280 e. The van der Waals surface area contributed by atoms with Crippen molar-refractivity contribution in [2.75, 3.05) is 5.32 Å². The molecule has 5 nitrogen and oxygen atoms in total. The average molecular weight is 368 g/mol. The first-order chi connectivity index (χ1) is 13.7. The molecule has 0 aliphatic heterocycles. The van der Waals surface area contributed by atoms with E-state index in [0.29, 0.717) is 23.6 Å². The van der Waals surface area contributed by atoms with Crippen LogP contribution in [-0.2, 0) is 6.54 Å². The number of pyridine rings is 1. The SMILES string of the molecule is Cc1ccc(CNc2cc(-c3cccnc3)nn2C(=O)c2ccccc2)cc1. The zero-order valence-corrected chi connectivity index (χ0v) is 15.5. The zero-order valence-electron chi connectivity index (χ0n) is 15.5. The zero-order chi connectivity index (χ0) is 19.3. The van der Waals surface area contributed by atoms with E-state index in [0.717, 1.165) is 11.1 Å². The summed E-state index contributed by atoms with van der Waals surface area (Å²) in [4.78, 5) is 17.2. The monoisotopic (exact) mass is 368 g/mol. The number of aryl methyl sites for hydroxylation is 1. The Balaban J connectivity index is 1.67. The standard InChI is InChI=1S/C23H20N4O/c1-17-9-11-18(12-10-17)15-25-22-14-21(20-8-5-13-24-16-20)26-27(22)23(28)19-6-3-2-4-7-19/h2-14,16,25H,15H2,1H3. The third kappa shape index (κ3) is 3.83. The van der Waals surface area contributed by atoms with E-state index >= 15 is 0 Å². The molecule has 4 rings (SSSR count).